The molecule has 0 fully saturated rings. The number of nitrogens with zero attached hydrogens (tertiary/aromatic N) is 1. The summed E-state index contributed by atoms with van der Waals surface area (Å²) in [5.74, 6) is 0. The second-order valence-electron chi connectivity index (χ2n) is 6.01. The van der Waals surface area contributed by atoms with Crippen LogP contribution in [0.5, 0.6) is 0 Å². The zero-order valence-electron chi connectivity index (χ0n) is 13.0. The lowest BCUT2D eigenvalue weighted by Crippen LogP contribution is -2.15. The maximum atomic E-state index is 3.40. The van der Waals surface area contributed by atoms with Gasteiger partial charge in [0.15, 0.2) is 0 Å². The van der Waals surface area contributed by atoms with E-state index in [1.165, 1.54) is 27.8 Å². The van der Waals surface area contributed by atoms with Crippen LogP contribution in [0.15, 0.2) is 42.5 Å². The van der Waals surface area contributed by atoms with Gasteiger partial charge >= 0.3 is 0 Å². The van der Waals surface area contributed by atoms with E-state index in [9.17, 15) is 0 Å². The number of aryl methyl sites for hydroxylation is 1. The summed E-state index contributed by atoms with van der Waals surface area (Å²) in [5, 5.41) is 3.40. The Balaban J connectivity index is 1.65. The summed E-state index contributed by atoms with van der Waals surface area (Å²) >= 11 is 0. The standard InChI is InChI=1S/C19H24N2/c1-3-20-11-17-8-9-18-13-21(14-19(18)10-17)12-16-6-4-15(2)5-7-16/h4-10,20H,3,11-14H2,1-2H3. The van der Waals surface area contributed by atoms with Crippen molar-refractivity contribution in [2.75, 3.05) is 6.54 Å². The van der Waals surface area contributed by atoms with Crippen LogP contribution < -0.4 is 5.32 Å². The highest BCUT2D eigenvalue weighted by Gasteiger charge is 2.19. The van der Waals surface area contributed by atoms with Gasteiger partial charge in [-0.1, -0.05) is 55.0 Å². The Morgan fingerprint density at radius 3 is 2.43 bits per heavy atom. The highest BCUT2D eigenvalue weighted by molar-refractivity contribution is 5.35. The van der Waals surface area contributed by atoms with Gasteiger partial charge in [0.1, 0.15) is 0 Å². The predicted molar refractivity (Wildman–Crippen MR) is 88.0 cm³/mol. The van der Waals surface area contributed by atoms with Gasteiger partial charge in [-0.15, -0.1) is 0 Å². The predicted octanol–water partition coefficient (Wildman–Crippen LogP) is 3.62. The first kappa shape index (κ1) is 14.3. The molecule has 1 aliphatic rings. The molecule has 0 saturated heterocycles. The molecule has 1 aliphatic heterocycles. The lowest BCUT2D eigenvalue weighted by molar-refractivity contribution is 0.275. The molecule has 2 aromatic carbocycles. The van der Waals surface area contributed by atoms with E-state index < -0.39 is 0 Å². The quantitative estimate of drug-likeness (QED) is 0.900. The van der Waals surface area contributed by atoms with Crippen LogP contribution in [0.25, 0.3) is 0 Å². The smallest absolute Gasteiger partial charge is 0.0244 e. The normalized spacial score (nSPS) is 14.4. The van der Waals surface area contributed by atoms with Gasteiger partial charge in [-0.05, 0) is 35.7 Å². The molecule has 0 aliphatic carbocycles. The molecular weight excluding hydrogens is 256 g/mol. The first-order valence-electron chi connectivity index (χ1n) is 7.84. The second-order valence-corrected chi connectivity index (χ2v) is 6.01. The lowest BCUT2D eigenvalue weighted by Gasteiger charge is -2.14. The van der Waals surface area contributed by atoms with Crippen LogP contribution in [-0.4, -0.2) is 11.4 Å². The zero-order chi connectivity index (χ0) is 14.7. The first-order chi connectivity index (χ1) is 10.2. The van der Waals surface area contributed by atoms with Crippen molar-refractivity contribution in [3.8, 4) is 0 Å². The molecule has 0 atom stereocenters. The van der Waals surface area contributed by atoms with Crippen molar-refractivity contribution < 1.29 is 0 Å². The Labute approximate surface area is 127 Å². The SMILES string of the molecule is CCNCc1ccc2c(c1)CN(Cc1ccc(C)cc1)C2. The summed E-state index contributed by atoms with van der Waals surface area (Å²) in [7, 11) is 0. The second kappa shape index (κ2) is 6.42. The van der Waals surface area contributed by atoms with E-state index in [0.29, 0.717) is 0 Å². The van der Waals surface area contributed by atoms with Crippen LogP contribution in [0.3, 0.4) is 0 Å². The van der Waals surface area contributed by atoms with Gasteiger partial charge in [-0.3, -0.25) is 4.90 Å². The minimum atomic E-state index is 0.974. The number of nitrogens with one attached hydrogen (secondary N) is 1. The number of hydrogen-bond acceptors (Lipinski definition) is 2. The molecule has 3 rings (SSSR count). The van der Waals surface area contributed by atoms with Gasteiger partial charge in [0, 0.05) is 26.2 Å². The van der Waals surface area contributed by atoms with Crippen molar-refractivity contribution in [3.05, 3.63) is 70.3 Å². The van der Waals surface area contributed by atoms with E-state index in [2.05, 4.69) is 66.5 Å². The number of benzene rings is 2. The number of hydrogen-bond donors (Lipinski definition) is 1. The summed E-state index contributed by atoms with van der Waals surface area (Å²) in [6, 6.07) is 15.8. The molecule has 0 bridgehead atoms. The fourth-order valence-corrected chi connectivity index (χ4v) is 2.96. The van der Waals surface area contributed by atoms with E-state index in [0.717, 1.165) is 32.7 Å². The average Bonchev–Trinajstić information content (AvgIpc) is 2.89. The number of fused-ring (bicyclic) bond motifs is 1. The van der Waals surface area contributed by atoms with E-state index in [1.807, 2.05) is 0 Å². The summed E-state index contributed by atoms with van der Waals surface area (Å²) in [4.78, 5) is 2.52. The molecule has 0 spiro atoms. The van der Waals surface area contributed by atoms with Crippen LogP contribution in [0.4, 0.5) is 0 Å². The van der Waals surface area contributed by atoms with E-state index >= 15 is 0 Å². The lowest BCUT2D eigenvalue weighted by atomic mass is 10.1. The van der Waals surface area contributed by atoms with Crippen LogP contribution in [0, 0.1) is 6.92 Å². The Bertz CT molecular complexity index is 601. The Morgan fingerprint density at radius 2 is 1.67 bits per heavy atom. The van der Waals surface area contributed by atoms with E-state index in [-0.39, 0.29) is 0 Å². The molecule has 110 valence electrons. The van der Waals surface area contributed by atoms with Crippen molar-refractivity contribution in [2.24, 2.45) is 0 Å². The fraction of sp³-hybridized carbons (Fsp3) is 0.368. The van der Waals surface area contributed by atoms with Crippen LogP contribution in [-0.2, 0) is 26.2 Å². The van der Waals surface area contributed by atoms with Crippen molar-refractivity contribution in [1.82, 2.24) is 10.2 Å². The van der Waals surface area contributed by atoms with Crippen LogP contribution >= 0.6 is 0 Å². The summed E-state index contributed by atoms with van der Waals surface area (Å²) < 4.78 is 0. The monoisotopic (exact) mass is 280 g/mol. The topological polar surface area (TPSA) is 15.3 Å². The maximum Gasteiger partial charge on any atom is 0.0244 e. The van der Waals surface area contributed by atoms with Gasteiger partial charge < -0.3 is 5.32 Å². The molecule has 2 aromatic rings. The van der Waals surface area contributed by atoms with E-state index in [1.54, 1.807) is 0 Å². The van der Waals surface area contributed by atoms with Gasteiger partial charge in [-0.2, -0.15) is 0 Å². The molecule has 21 heavy (non-hydrogen) atoms. The third kappa shape index (κ3) is 3.52. The van der Waals surface area contributed by atoms with Crippen molar-refractivity contribution in [3.63, 3.8) is 0 Å². The fourth-order valence-electron chi connectivity index (χ4n) is 2.96. The number of rotatable bonds is 5. The highest BCUT2D eigenvalue weighted by Crippen LogP contribution is 2.25. The molecule has 0 radical (unpaired) electrons. The largest absolute Gasteiger partial charge is 0.313 e. The Morgan fingerprint density at radius 1 is 0.952 bits per heavy atom. The van der Waals surface area contributed by atoms with Gasteiger partial charge in [0.25, 0.3) is 0 Å². The van der Waals surface area contributed by atoms with Gasteiger partial charge in [0.05, 0.1) is 0 Å². The van der Waals surface area contributed by atoms with Crippen LogP contribution in [0.2, 0.25) is 0 Å². The maximum absolute atomic E-state index is 3.40. The molecule has 1 heterocycles. The third-order valence-corrected chi connectivity index (χ3v) is 4.16. The summed E-state index contributed by atoms with van der Waals surface area (Å²) in [6.45, 7) is 9.47. The minimum absolute atomic E-state index is 0.974. The zero-order valence-corrected chi connectivity index (χ0v) is 13.0. The summed E-state index contributed by atoms with van der Waals surface area (Å²) in [5.41, 5.74) is 7.12. The first-order valence-corrected chi connectivity index (χ1v) is 7.84. The Kier molecular flexibility index (Phi) is 4.37. The Hall–Kier alpha value is -1.64. The molecule has 2 nitrogen and oxygen atoms in total. The third-order valence-electron chi connectivity index (χ3n) is 4.16. The molecule has 0 aromatic heterocycles. The van der Waals surface area contributed by atoms with Crippen molar-refractivity contribution in [1.29, 1.82) is 0 Å². The van der Waals surface area contributed by atoms with Crippen LogP contribution in [0.1, 0.15) is 34.7 Å². The van der Waals surface area contributed by atoms with E-state index in [4.69, 9.17) is 0 Å². The van der Waals surface area contributed by atoms with Crippen molar-refractivity contribution in [2.45, 2.75) is 40.0 Å². The summed E-state index contributed by atoms with van der Waals surface area (Å²) in [6.07, 6.45) is 0. The molecule has 2 heteroatoms. The highest BCUT2D eigenvalue weighted by atomic mass is 15.1. The molecule has 0 amide bonds. The molecule has 0 saturated carbocycles. The minimum Gasteiger partial charge on any atom is -0.313 e. The molecular formula is C19H24N2. The van der Waals surface area contributed by atoms with Gasteiger partial charge in [0.2, 0.25) is 0 Å². The average molecular weight is 280 g/mol. The molecule has 0 unspecified atom stereocenters. The van der Waals surface area contributed by atoms with Crippen molar-refractivity contribution >= 4 is 0 Å². The van der Waals surface area contributed by atoms with Gasteiger partial charge in [-0.25, -0.2) is 0 Å². The molecule has 1 N–H and O–H groups in total.